The van der Waals surface area contributed by atoms with E-state index in [0.29, 0.717) is 0 Å². The molecule has 0 aromatic carbocycles. The largest absolute Gasteiger partial charge is 0.451 e. The number of ether oxygens (including phenoxy) is 2. The molecule has 26 heavy (non-hydrogen) atoms. The van der Waals surface area contributed by atoms with Crippen molar-refractivity contribution in [2.45, 2.75) is 12.7 Å². The summed E-state index contributed by atoms with van der Waals surface area (Å²) in [4.78, 5) is 45.7. The van der Waals surface area contributed by atoms with Crippen molar-refractivity contribution >= 4 is 17.9 Å². The van der Waals surface area contributed by atoms with Crippen LogP contribution in [0.2, 0.25) is 0 Å². The Labute approximate surface area is 144 Å². The van der Waals surface area contributed by atoms with Crippen molar-refractivity contribution in [1.82, 2.24) is 20.4 Å². The summed E-state index contributed by atoms with van der Waals surface area (Å²) >= 11 is 0. The smallest absolute Gasteiger partial charge is 0.405 e. The number of halogens is 3. The third-order valence-electron chi connectivity index (χ3n) is 2.62. The molecule has 0 spiro atoms. The van der Waals surface area contributed by atoms with Crippen molar-refractivity contribution in [3.05, 3.63) is 28.2 Å². The van der Waals surface area contributed by atoms with Crippen LogP contribution < -0.4 is 16.2 Å². The summed E-state index contributed by atoms with van der Waals surface area (Å²) in [5.74, 6) is -2.22. The highest BCUT2D eigenvalue weighted by Gasteiger charge is 2.28. The standard InChI is InChI=1S/C13H15F3N4O6/c1-25-5-4-20-10(22)3-2-8(19-20)11(23)26-6-9(21)18-12(24)17-7-13(14,15)16/h2-3H,4-7H2,1H3,(H2,17,18,21,24). The molecule has 13 heteroatoms. The molecular formula is C13H15F3N4O6. The molecule has 1 aromatic heterocycles. The van der Waals surface area contributed by atoms with Crippen molar-refractivity contribution in [1.29, 1.82) is 0 Å². The molecule has 2 N–H and O–H groups in total. The number of carbonyl (C=O) groups excluding carboxylic acids is 3. The number of nitrogens with one attached hydrogen (secondary N) is 2. The van der Waals surface area contributed by atoms with Crippen LogP contribution in [0.5, 0.6) is 0 Å². The Bertz CT molecular complexity index is 719. The molecule has 0 atom stereocenters. The molecule has 1 rings (SSSR count). The van der Waals surface area contributed by atoms with Gasteiger partial charge in [0.15, 0.2) is 12.3 Å². The van der Waals surface area contributed by atoms with Crippen LogP contribution in [0.25, 0.3) is 0 Å². The number of urea groups is 1. The Morgan fingerprint density at radius 2 is 1.96 bits per heavy atom. The van der Waals surface area contributed by atoms with E-state index in [2.05, 4.69) is 9.84 Å². The number of amides is 3. The van der Waals surface area contributed by atoms with Crippen LogP contribution in [-0.2, 0) is 20.8 Å². The lowest BCUT2D eigenvalue weighted by atomic mass is 10.4. The van der Waals surface area contributed by atoms with Gasteiger partial charge in [0.2, 0.25) is 0 Å². The number of alkyl halides is 3. The molecule has 0 fully saturated rings. The van der Waals surface area contributed by atoms with Crippen molar-refractivity contribution in [2.24, 2.45) is 0 Å². The van der Waals surface area contributed by atoms with Gasteiger partial charge in [-0.1, -0.05) is 0 Å². The van der Waals surface area contributed by atoms with Gasteiger partial charge in [-0.2, -0.15) is 18.3 Å². The van der Waals surface area contributed by atoms with Crippen LogP contribution in [0.3, 0.4) is 0 Å². The number of hydrogen-bond donors (Lipinski definition) is 2. The highest BCUT2D eigenvalue weighted by atomic mass is 19.4. The van der Waals surface area contributed by atoms with Crippen molar-refractivity contribution in [2.75, 3.05) is 26.9 Å². The van der Waals surface area contributed by atoms with Gasteiger partial charge in [-0.25, -0.2) is 14.3 Å². The lowest BCUT2D eigenvalue weighted by Crippen LogP contribution is -2.44. The normalized spacial score (nSPS) is 10.9. The molecule has 1 aromatic rings. The van der Waals surface area contributed by atoms with E-state index in [-0.39, 0.29) is 18.8 Å². The van der Waals surface area contributed by atoms with E-state index >= 15 is 0 Å². The fourth-order valence-corrected chi connectivity index (χ4v) is 1.49. The van der Waals surface area contributed by atoms with E-state index in [4.69, 9.17) is 4.74 Å². The number of rotatable bonds is 7. The fraction of sp³-hybridized carbons (Fsp3) is 0.462. The molecule has 0 saturated heterocycles. The van der Waals surface area contributed by atoms with Gasteiger partial charge in [-0.05, 0) is 6.07 Å². The molecule has 0 aliphatic rings. The lowest BCUT2D eigenvalue weighted by molar-refractivity contribution is -0.125. The predicted molar refractivity (Wildman–Crippen MR) is 78.3 cm³/mol. The molecule has 0 radical (unpaired) electrons. The van der Waals surface area contributed by atoms with Gasteiger partial charge in [0, 0.05) is 13.2 Å². The number of methoxy groups -OCH3 is 1. The molecule has 0 aliphatic heterocycles. The minimum absolute atomic E-state index is 0.0797. The topological polar surface area (TPSA) is 129 Å². The Balaban J connectivity index is 2.52. The molecule has 0 saturated carbocycles. The Morgan fingerprint density at radius 1 is 1.27 bits per heavy atom. The first-order valence-electron chi connectivity index (χ1n) is 7.01. The quantitative estimate of drug-likeness (QED) is 0.607. The van der Waals surface area contributed by atoms with E-state index in [1.165, 1.54) is 12.4 Å². The van der Waals surface area contributed by atoms with Crippen molar-refractivity contribution < 1.29 is 37.0 Å². The summed E-state index contributed by atoms with van der Waals surface area (Å²) in [5, 5.41) is 6.68. The van der Waals surface area contributed by atoms with Gasteiger partial charge < -0.3 is 14.8 Å². The van der Waals surface area contributed by atoms with Crippen LogP contribution >= 0.6 is 0 Å². The molecule has 0 unspecified atom stereocenters. The number of aromatic nitrogens is 2. The third kappa shape index (κ3) is 7.74. The summed E-state index contributed by atoms with van der Waals surface area (Å²) in [6.07, 6.45) is -4.63. The maximum Gasteiger partial charge on any atom is 0.405 e. The van der Waals surface area contributed by atoms with Crippen LogP contribution in [-0.4, -0.2) is 60.7 Å². The summed E-state index contributed by atoms with van der Waals surface area (Å²) < 4.78 is 46.0. The maximum atomic E-state index is 11.9. The van der Waals surface area contributed by atoms with Gasteiger partial charge in [0.05, 0.1) is 13.2 Å². The molecule has 10 nitrogen and oxygen atoms in total. The van der Waals surface area contributed by atoms with E-state index in [9.17, 15) is 32.3 Å². The van der Waals surface area contributed by atoms with Crippen LogP contribution in [0.4, 0.5) is 18.0 Å². The predicted octanol–water partition coefficient (Wildman–Crippen LogP) is -0.565. The molecule has 144 valence electrons. The van der Waals surface area contributed by atoms with Crippen LogP contribution in [0, 0.1) is 0 Å². The monoisotopic (exact) mass is 380 g/mol. The van der Waals surface area contributed by atoms with E-state index in [0.717, 1.165) is 16.8 Å². The minimum Gasteiger partial charge on any atom is -0.451 e. The average molecular weight is 380 g/mol. The minimum atomic E-state index is -4.63. The van der Waals surface area contributed by atoms with E-state index < -0.39 is 42.8 Å². The Morgan fingerprint density at radius 3 is 2.58 bits per heavy atom. The molecule has 3 amide bonds. The van der Waals surface area contributed by atoms with E-state index in [1.54, 1.807) is 5.32 Å². The number of carbonyl (C=O) groups is 3. The van der Waals surface area contributed by atoms with Crippen molar-refractivity contribution in [3.63, 3.8) is 0 Å². The summed E-state index contributed by atoms with van der Waals surface area (Å²) in [6, 6.07) is 0.737. The second-order valence-electron chi connectivity index (χ2n) is 4.69. The Hall–Kier alpha value is -2.96. The van der Waals surface area contributed by atoms with E-state index in [1.807, 2.05) is 0 Å². The zero-order valence-electron chi connectivity index (χ0n) is 13.5. The number of imide groups is 1. The Kier molecular flexibility index (Phi) is 7.71. The number of nitrogens with zero attached hydrogens (tertiary/aromatic N) is 2. The average Bonchev–Trinajstić information content (AvgIpc) is 2.56. The maximum absolute atomic E-state index is 11.9. The van der Waals surface area contributed by atoms with Crippen molar-refractivity contribution in [3.8, 4) is 0 Å². The van der Waals surface area contributed by atoms with Crippen LogP contribution in [0.1, 0.15) is 10.5 Å². The second-order valence-corrected chi connectivity index (χ2v) is 4.69. The zero-order valence-corrected chi connectivity index (χ0v) is 13.5. The summed E-state index contributed by atoms with van der Waals surface area (Å²) in [6.45, 7) is -2.31. The highest BCUT2D eigenvalue weighted by Crippen LogP contribution is 2.11. The van der Waals surface area contributed by atoms with Gasteiger partial charge in [0.1, 0.15) is 6.54 Å². The molecule has 1 heterocycles. The first-order valence-corrected chi connectivity index (χ1v) is 7.01. The molecular weight excluding hydrogens is 365 g/mol. The molecule has 0 bridgehead atoms. The first kappa shape index (κ1) is 21.1. The fourth-order valence-electron chi connectivity index (χ4n) is 1.49. The summed E-state index contributed by atoms with van der Waals surface area (Å²) in [7, 11) is 1.41. The summed E-state index contributed by atoms with van der Waals surface area (Å²) in [5.41, 5.74) is -0.771. The lowest BCUT2D eigenvalue weighted by Gasteiger charge is -2.09. The second kappa shape index (κ2) is 9.50. The highest BCUT2D eigenvalue weighted by molar-refractivity contribution is 5.96. The van der Waals surface area contributed by atoms with Gasteiger partial charge >= 0.3 is 18.2 Å². The first-order chi connectivity index (χ1) is 12.1. The van der Waals surface area contributed by atoms with Gasteiger partial charge in [0.25, 0.3) is 11.5 Å². The number of hydrogen-bond acceptors (Lipinski definition) is 7. The SMILES string of the molecule is COCCn1nc(C(=O)OCC(=O)NC(=O)NCC(F)(F)F)ccc1=O. The third-order valence-corrected chi connectivity index (χ3v) is 2.62. The number of esters is 1. The zero-order chi connectivity index (χ0) is 19.7. The van der Waals surface area contributed by atoms with Crippen LogP contribution in [0.15, 0.2) is 16.9 Å². The van der Waals surface area contributed by atoms with Gasteiger partial charge in [-0.3, -0.25) is 14.9 Å². The molecule has 0 aliphatic carbocycles. The van der Waals surface area contributed by atoms with Gasteiger partial charge in [-0.15, -0.1) is 0 Å².